The normalized spacial score (nSPS) is 12.3. The van der Waals surface area contributed by atoms with Gasteiger partial charge in [-0.3, -0.25) is 4.79 Å². The zero-order chi connectivity index (χ0) is 13.8. The van der Waals surface area contributed by atoms with E-state index >= 15 is 0 Å². The second-order valence-corrected chi connectivity index (χ2v) is 4.04. The van der Waals surface area contributed by atoms with Crippen LogP contribution in [0.2, 0.25) is 0 Å². The Kier molecular flexibility index (Phi) is 3.82. The number of carbonyl (C=O) groups is 2. The van der Waals surface area contributed by atoms with Crippen LogP contribution in [0.5, 0.6) is 0 Å². The summed E-state index contributed by atoms with van der Waals surface area (Å²) in [6, 6.07) is 7.11. The fourth-order valence-electron chi connectivity index (χ4n) is 1.69. The molecule has 1 amide bonds. The number of carboxylic acid groups (broad SMARTS) is 1. The highest BCUT2D eigenvalue weighted by Gasteiger charge is 2.15. The van der Waals surface area contributed by atoms with E-state index in [0.717, 1.165) is 0 Å². The standard InChI is InChI=1S/C13H13NO5/c15-10(13(17)18)5-6-14-12(16)9-7-19-11-4-2-1-3-8(9)11/h1-4,7,10,15H,5-6H2,(H,14,16)(H,17,18)/t10-/m0/s1. The van der Waals surface area contributed by atoms with Crippen LogP contribution in [0.25, 0.3) is 11.0 Å². The summed E-state index contributed by atoms with van der Waals surface area (Å²) in [6.45, 7) is 0.0752. The predicted molar refractivity (Wildman–Crippen MR) is 66.8 cm³/mol. The first-order valence-corrected chi connectivity index (χ1v) is 5.75. The average molecular weight is 263 g/mol. The third-order valence-corrected chi connectivity index (χ3v) is 2.71. The molecule has 0 saturated carbocycles. The first-order valence-electron chi connectivity index (χ1n) is 5.75. The smallest absolute Gasteiger partial charge is 0.332 e. The van der Waals surface area contributed by atoms with Crippen molar-refractivity contribution in [2.45, 2.75) is 12.5 Å². The molecule has 0 bridgehead atoms. The molecule has 1 heterocycles. The van der Waals surface area contributed by atoms with Gasteiger partial charge in [-0.15, -0.1) is 0 Å². The minimum absolute atomic E-state index is 0.0448. The van der Waals surface area contributed by atoms with Crippen LogP contribution in [0.3, 0.4) is 0 Å². The topological polar surface area (TPSA) is 99.8 Å². The Bertz CT molecular complexity index is 604. The molecule has 2 aromatic rings. The molecule has 0 aliphatic heterocycles. The van der Waals surface area contributed by atoms with Crippen molar-refractivity contribution in [2.24, 2.45) is 0 Å². The summed E-state index contributed by atoms with van der Waals surface area (Å²) in [5.74, 6) is -1.66. The van der Waals surface area contributed by atoms with Crippen molar-refractivity contribution in [1.29, 1.82) is 0 Å². The molecule has 6 nitrogen and oxygen atoms in total. The van der Waals surface area contributed by atoms with E-state index in [0.29, 0.717) is 16.5 Å². The van der Waals surface area contributed by atoms with E-state index in [1.165, 1.54) is 6.26 Å². The first kappa shape index (κ1) is 13.1. The van der Waals surface area contributed by atoms with Gasteiger partial charge >= 0.3 is 5.97 Å². The van der Waals surface area contributed by atoms with Crippen LogP contribution in [-0.4, -0.2) is 34.7 Å². The van der Waals surface area contributed by atoms with Crippen LogP contribution >= 0.6 is 0 Å². The molecule has 2 rings (SSSR count). The number of hydrogen-bond donors (Lipinski definition) is 3. The van der Waals surface area contributed by atoms with Crippen LogP contribution in [0.1, 0.15) is 16.8 Å². The molecular weight excluding hydrogens is 250 g/mol. The maximum atomic E-state index is 11.9. The third kappa shape index (κ3) is 2.92. The Morgan fingerprint density at radius 3 is 2.79 bits per heavy atom. The molecule has 0 aliphatic carbocycles. The molecule has 0 unspecified atom stereocenters. The lowest BCUT2D eigenvalue weighted by molar-refractivity contribution is -0.146. The molecule has 0 aliphatic rings. The number of nitrogens with one attached hydrogen (secondary N) is 1. The molecule has 0 fully saturated rings. The minimum atomic E-state index is -1.47. The third-order valence-electron chi connectivity index (χ3n) is 2.71. The number of hydrogen-bond acceptors (Lipinski definition) is 4. The van der Waals surface area contributed by atoms with Crippen molar-refractivity contribution in [3.05, 3.63) is 36.1 Å². The molecule has 1 aromatic carbocycles. The molecule has 0 radical (unpaired) electrons. The molecule has 100 valence electrons. The van der Waals surface area contributed by atoms with Gasteiger partial charge in [-0.2, -0.15) is 0 Å². The second kappa shape index (κ2) is 5.53. The molecule has 0 spiro atoms. The van der Waals surface area contributed by atoms with Crippen molar-refractivity contribution in [2.75, 3.05) is 6.54 Å². The average Bonchev–Trinajstić information content (AvgIpc) is 2.82. The molecule has 1 atom stereocenters. The summed E-state index contributed by atoms with van der Waals surface area (Å²) in [4.78, 5) is 22.3. The Morgan fingerprint density at radius 1 is 1.32 bits per heavy atom. The lowest BCUT2D eigenvalue weighted by Crippen LogP contribution is -2.29. The molecule has 6 heteroatoms. The van der Waals surface area contributed by atoms with E-state index in [1.54, 1.807) is 24.3 Å². The minimum Gasteiger partial charge on any atom is -0.479 e. The zero-order valence-electron chi connectivity index (χ0n) is 10.00. The SMILES string of the molecule is O=C(NCC[C@H](O)C(=O)O)c1coc2ccccc12. The van der Waals surface area contributed by atoms with E-state index in [-0.39, 0.29) is 18.9 Å². The Morgan fingerprint density at radius 2 is 2.05 bits per heavy atom. The summed E-state index contributed by atoms with van der Waals surface area (Å²) in [7, 11) is 0. The van der Waals surface area contributed by atoms with E-state index in [2.05, 4.69) is 5.32 Å². The summed E-state index contributed by atoms with van der Waals surface area (Å²) in [5, 5.41) is 20.8. The van der Waals surface area contributed by atoms with Crippen LogP contribution in [0.15, 0.2) is 34.9 Å². The van der Waals surface area contributed by atoms with Gasteiger partial charge in [0.2, 0.25) is 0 Å². The van der Waals surface area contributed by atoms with Crippen molar-refractivity contribution < 1.29 is 24.2 Å². The molecular formula is C13H13NO5. The lowest BCUT2D eigenvalue weighted by atomic mass is 10.1. The number of rotatable bonds is 5. The number of benzene rings is 1. The number of aliphatic carboxylic acids is 1. The maximum Gasteiger partial charge on any atom is 0.332 e. The van der Waals surface area contributed by atoms with Crippen LogP contribution in [0.4, 0.5) is 0 Å². The van der Waals surface area contributed by atoms with E-state index in [1.807, 2.05) is 0 Å². The van der Waals surface area contributed by atoms with Gasteiger partial charge in [-0.1, -0.05) is 18.2 Å². The van der Waals surface area contributed by atoms with Gasteiger partial charge < -0.3 is 19.9 Å². The monoisotopic (exact) mass is 263 g/mol. The maximum absolute atomic E-state index is 11.9. The van der Waals surface area contributed by atoms with Gasteiger partial charge in [-0.05, 0) is 6.07 Å². The lowest BCUT2D eigenvalue weighted by Gasteiger charge is -2.06. The summed E-state index contributed by atoms with van der Waals surface area (Å²) < 4.78 is 5.23. The molecule has 0 saturated heterocycles. The second-order valence-electron chi connectivity index (χ2n) is 4.04. The van der Waals surface area contributed by atoms with Crippen molar-refractivity contribution in [3.8, 4) is 0 Å². The Labute approximate surface area is 108 Å². The fraction of sp³-hybridized carbons (Fsp3) is 0.231. The van der Waals surface area contributed by atoms with Gasteiger partial charge in [0.15, 0.2) is 6.10 Å². The largest absolute Gasteiger partial charge is 0.479 e. The van der Waals surface area contributed by atoms with Crippen molar-refractivity contribution in [1.82, 2.24) is 5.32 Å². The van der Waals surface area contributed by atoms with Crippen molar-refractivity contribution in [3.63, 3.8) is 0 Å². The number of amides is 1. The molecule has 19 heavy (non-hydrogen) atoms. The number of fused-ring (bicyclic) bond motifs is 1. The number of aliphatic hydroxyl groups is 1. The predicted octanol–water partition coefficient (Wildman–Crippen LogP) is 0.998. The van der Waals surface area contributed by atoms with E-state index < -0.39 is 12.1 Å². The number of carboxylic acids is 1. The number of furan rings is 1. The van der Waals surface area contributed by atoms with E-state index in [9.17, 15) is 9.59 Å². The summed E-state index contributed by atoms with van der Waals surface area (Å²) in [5.41, 5.74) is 0.999. The van der Waals surface area contributed by atoms with Crippen LogP contribution in [0, 0.1) is 0 Å². The molecule has 3 N–H and O–H groups in total. The van der Waals surface area contributed by atoms with Gasteiger partial charge in [0.1, 0.15) is 11.8 Å². The highest BCUT2D eigenvalue weighted by molar-refractivity contribution is 6.05. The fourth-order valence-corrected chi connectivity index (χ4v) is 1.69. The number of para-hydroxylation sites is 1. The number of aliphatic hydroxyl groups excluding tert-OH is 1. The highest BCUT2D eigenvalue weighted by Crippen LogP contribution is 2.20. The van der Waals surface area contributed by atoms with Gasteiger partial charge in [0, 0.05) is 18.4 Å². The van der Waals surface area contributed by atoms with Crippen LogP contribution in [-0.2, 0) is 4.79 Å². The number of carbonyl (C=O) groups excluding carboxylic acids is 1. The zero-order valence-corrected chi connectivity index (χ0v) is 10.00. The molecule has 1 aromatic heterocycles. The van der Waals surface area contributed by atoms with Gasteiger partial charge in [-0.25, -0.2) is 4.79 Å². The Balaban J connectivity index is 1.99. The highest BCUT2D eigenvalue weighted by atomic mass is 16.4. The van der Waals surface area contributed by atoms with Crippen LogP contribution < -0.4 is 5.32 Å². The van der Waals surface area contributed by atoms with Crippen molar-refractivity contribution >= 4 is 22.8 Å². The van der Waals surface area contributed by atoms with E-state index in [4.69, 9.17) is 14.6 Å². The van der Waals surface area contributed by atoms with Gasteiger partial charge in [0.05, 0.1) is 5.56 Å². The quantitative estimate of drug-likeness (QED) is 0.747. The Hall–Kier alpha value is -2.34. The van der Waals surface area contributed by atoms with Gasteiger partial charge in [0.25, 0.3) is 5.91 Å². The summed E-state index contributed by atoms with van der Waals surface area (Å²) >= 11 is 0. The first-order chi connectivity index (χ1) is 9.09. The summed E-state index contributed by atoms with van der Waals surface area (Å²) in [6.07, 6.45) is -0.161.